The molecular formula is C27H27N5O4. The molecular weight excluding hydrogens is 458 g/mol. The van der Waals surface area contributed by atoms with Crippen molar-refractivity contribution in [3.63, 3.8) is 0 Å². The number of nitrogens with zero attached hydrogens (tertiary/aromatic N) is 3. The van der Waals surface area contributed by atoms with Crippen molar-refractivity contribution in [1.29, 1.82) is 0 Å². The van der Waals surface area contributed by atoms with Crippen molar-refractivity contribution in [3.05, 3.63) is 83.5 Å². The number of rotatable bonds is 7. The molecule has 3 heterocycles. The van der Waals surface area contributed by atoms with E-state index >= 15 is 0 Å². The summed E-state index contributed by atoms with van der Waals surface area (Å²) < 4.78 is 18.6. The van der Waals surface area contributed by atoms with Gasteiger partial charge in [0.1, 0.15) is 29.1 Å². The van der Waals surface area contributed by atoms with Crippen LogP contribution in [0.3, 0.4) is 0 Å². The van der Waals surface area contributed by atoms with Crippen molar-refractivity contribution >= 4 is 17.5 Å². The molecule has 0 aliphatic carbocycles. The molecule has 1 aliphatic heterocycles. The van der Waals surface area contributed by atoms with Crippen molar-refractivity contribution < 1.29 is 18.7 Å². The number of amides is 1. The van der Waals surface area contributed by atoms with Gasteiger partial charge in [0.05, 0.1) is 25.0 Å². The SMILES string of the molecule is CCOc1ccc(-c2nc3n(n2)C(c2ccc(C)o2)C(C(=O)Nc2ccccc2OC)=C(C)N3)cc1. The number of para-hydroxylation sites is 2. The van der Waals surface area contributed by atoms with Crippen LogP contribution in [0.5, 0.6) is 11.5 Å². The summed E-state index contributed by atoms with van der Waals surface area (Å²) in [5, 5.41) is 11.0. The molecule has 0 fully saturated rings. The lowest BCUT2D eigenvalue weighted by atomic mass is 10.00. The van der Waals surface area contributed by atoms with Crippen molar-refractivity contribution in [1.82, 2.24) is 14.8 Å². The molecule has 0 saturated heterocycles. The van der Waals surface area contributed by atoms with Gasteiger partial charge in [-0.05, 0) is 69.3 Å². The molecule has 1 atom stereocenters. The summed E-state index contributed by atoms with van der Waals surface area (Å²) in [4.78, 5) is 18.3. The molecule has 0 saturated carbocycles. The van der Waals surface area contributed by atoms with Crippen LogP contribution in [0.15, 0.2) is 76.4 Å². The Morgan fingerprint density at radius 1 is 1.11 bits per heavy atom. The topological polar surface area (TPSA) is 103 Å². The molecule has 184 valence electrons. The molecule has 5 rings (SSSR count). The summed E-state index contributed by atoms with van der Waals surface area (Å²) in [7, 11) is 1.57. The van der Waals surface area contributed by atoms with Gasteiger partial charge in [-0.2, -0.15) is 4.98 Å². The zero-order chi connectivity index (χ0) is 25.2. The second-order valence-electron chi connectivity index (χ2n) is 8.33. The normalized spacial score (nSPS) is 14.7. The molecule has 1 amide bonds. The minimum atomic E-state index is -0.617. The standard InChI is InChI=1S/C27H27N5O4/c1-5-35-19-13-11-18(12-14-19)25-30-27-28-17(3)23(24(32(27)31-25)22-15-10-16(2)36-22)26(33)29-20-8-6-7-9-21(20)34-4/h6-15,24H,5H2,1-4H3,(H,29,33)(H,28,30,31). The highest BCUT2D eigenvalue weighted by Crippen LogP contribution is 2.38. The number of nitrogens with one attached hydrogen (secondary N) is 2. The minimum Gasteiger partial charge on any atom is -0.495 e. The second kappa shape index (κ2) is 9.61. The van der Waals surface area contributed by atoms with Crippen LogP contribution in [-0.2, 0) is 4.79 Å². The van der Waals surface area contributed by atoms with E-state index < -0.39 is 6.04 Å². The molecule has 2 aromatic carbocycles. The van der Waals surface area contributed by atoms with Gasteiger partial charge >= 0.3 is 0 Å². The highest BCUT2D eigenvalue weighted by molar-refractivity contribution is 6.06. The van der Waals surface area contributed by atoms with E-state index in [9.17, 15) is 4.79 Å². The van der Waals surface area contributed by atoms with Crippen molar-refractivity contribution in [2.24, 2.45) is 0 Å². The van der Waals surface area contributed by atoms with E-state index in [1.807, 2.05) is 69.3 Å². The number of allylic oxidation sites excluding steroid dienone is 1. The van der Waals surface area contributed by atoms with Gasteiger partial charge in [-0.3, -0.25) is 4.79 Å². The summed E-state index contributed by atoms with van der Waals surface area (Å²) in [5.74, 6) is 3.41. The first-order valence-corrected chi connectivity index (χ1v) is 11.7. The molecule has 0 bridgehead atoms. The van der Waals surface area contributed by atoms with Gasteiger partial charge in [0.15, 0.2) is 5.82 Å². The molecule has 2 aromatic heterocycles. The Morgan fingerprint density at radius 3 is 2.58 bits per heavy atom. The molecule has 0 radical (unpaired) electrons. The molecule has 1 aliphatic rings. The number of methoxy groups -OCH3 is 1. The smallest absolute Gasteiger partial charge is 0.256 e. The van der Waals surface area contributed by atoms with Crippen molar-refractivity contribution in [2.75, 3.05) is 24.4 Å². The molecule has 2 N–H and O–H groups in total. The number of anilines is 2. The fourth-order valence-corrected chi connectivity index (χ4v) is 4.24. The number of aryl methyl sites for hydroxylation is 1. The Balaban J connectivity index is 1.54. The number of carbonyl (C=O) groups excluding carboxylic acids is 1. The number of furan rings is 1. The summed E-state index contributed by atoms with van der Waals surface area (Å²) in [6, 6.07) is 18.0. The van der Waals surface area contributed by atoms with Gasteiger partial charge in [-0.1, -0.05) is 12.1 Å². The van der Waals surface area contributed by atoms with Crippen LogP contribution in [-0.4, -0.2) is 34.4 Å². The number of hydrogen-bond acceptors (Lipinski definition) is 7. The Kier molecular flexibility index (Phi) is 6.20. The third-order valence-electron chi connectivity index (χ3n) is 5.91. The Hall–Kier alpha value is -4.53. The van der Waals surface area contributed by atoms with E-state index in [1.165, 1.54) is 0 Å². The van der Waals surface area contributed by atoms with Crippen LogP contribution in [0.2, 0.25) is 0 Å². The van der Waals surface area contributed by atoms with Crippen LogP contribution in [0.1, 0.15) is 31.4 Å². The van der Waals surface area contributed by atoms with E-state index in [2.05, 4.69) is 10.6 Å². The summed E-state index contributed by atoms with van der Waals surface area (Å²) in [6.45, 7) is 6.24. The lowest BCUT2D eigenvalue weighted by Crippen LogP contribution is -2.31. The predicted molar refractivity (Wildman–Crippen MR) is 136 cm³/mol. The maximum Gasteiger partial charge on any atom is 0.256 e. The van der Waals surface area contributed by atoms with Crippen LogP contribution >= 0.6 is 0 Å². The Labute approximate surface area is 208 Å². The number of benzene rings is 2. The summed E-state index contributed by atoms with van der Waals surface area (Å²) >= 11 is 0. The fourth-order valence-electron chi connectivity index (χ4n) is 4.24. The Morgan fingerprint density at radius 2 is 1.89 bits per heavy atom. The van der Waals surface area contributed by atoms with Crippen molar-refractivity contribution in [2.45, 2.75) is 26.8 Å². The second-order valence-corrected chi connectivity index (χ2v) is 8.33. The highest BCUT2D eigenvalue weighted by atomic mass is 16.5. The Bertz CT molecular complexity index is 1430. The molecule has 4 aromatic rings. The number of aromatic nitrogens is 3. The maximum absolute atomic E-state index is 13.6. The van der Waals surface area contributed by atoms with Crippen molar-refractivity contribution in [3.8, 4) is 22.9 Å². The summed E-state index contributed by atoms with van der Waals surface area (Å²) in [5.41, 5.74) is 2.51. The average molecular weight is 486 g/mol. The number of ether oxygens (including phenoxy) is 2. The lowest BCUT2D eigenvalue weighted by molar-refractivity contribution is -0.113. The monoisotopic (exact) mass is 485 g/mol. The van der Waals surface area contributed by atoms with Gasteiger partial charge in [-0.15, -0.1) is 5.10 Å². The third-order valence-corrected chi connectivity index (χ3v) is 5.91. The maximum atomic E-state index is 13.6. The van der Waals surface area contributed by atoms with E-state index in [0.29, 0.717) is 46.8 Å². The summed E-state index contributed by atoms with van der Waals surface area (Å²) in [6.07, 6.45) is 0. The number of fused-ring (bicyclic) bond motifs is 1. The lowest BCUT2D eigenvalue weighted by Gasteiger charge is -2.27. The van der Waals surface area contributed by atoms with E-state index in [4.69, 9.17) is 24.0 Å². The third kappa shape index (κ3) is 4.31. The molecule has 1 unspecified atom stereocenters. The van der Waals surface area contributed by atoms with Gasteiger partial charge < -0.3 is 24.5 Å². The van der Waals surface area contributed by atoms with Crippen LogP contribution in [0, 0.1) is 6.92 Å². The fraction of sp³-hybridized carbons (Fsp3) is 0.222. The molecule has 9 heteroatoms. The first kappa shape index (κ1) is 23.2. The highest BCUT2D eigenvalue weighted by Gasteiger charge is 2.36. The van der Waals surface area contributed by atoms with Crippen LogP contribution < -0.4 is 20.1 Å². The van der Waals surface area contributed by atoms with E-state index in [1.54, 1.807) is 23.9 Å². The van der Waals surface area contributed by atoms with Crippen LogP contribution in [0.25, 0.3) is 11.4 Å². The molecule has 9 nitrogen and oxygen atoms in total. The van der Waals surface area contributed by atoms with Gasteiger partial charge in [0.2, 0.25) is 5.95 Å². The first-order valence-electron chi connectivity index (χ1n) is 11.7. The predicted octanol–water partition coefficient (Wildman–Crippen LogP) is 5.18. The zero-order valence-corrected chi connectivity index (χ0v) is 20.5. The van der Waals surface area contributed by atoms with Gasteiger partial charge in [-0.25, -0.2) is 4.68 Å². The zero-order valence-electron chi connectivity index (χ0n) is 20.5. The van der Waals surface area contributed by atoms with Crippen LogP contribution in [0.4, 0.5) is 11.6 Å². The quantitative estimate of drug-likeness (QED) is 0.372. The minimum absolute atomic E-state index is 0.299. The number of carbonyl (C=O) groups is 1. The molecule has 36 heavy (non-hydrogen) atoms. The van der Waals surface area contributed by atoms with E-state index in [-0.39, 0.29) is 5.91 Å². The van der Waals surface area contributed by atoms with Gasteiger partial charge in [0, 0.05) is 11.3 Å². The number of hydrogen-bond donors (Lipinski definition) is 2. The first-order chi connectivity index (χ1) is 17.5. The largest absolute Gasteiger partial charge is 0.495 e. The van der Waals surface area contributed by atoms with E-state index in [0.717, 1.165) is 17.1 Å². The average Bonchev–Trinajstić information content (AvgIpc) is 3.50. The molecule has 0 spiro atoms. The van der Waals surface area contributed by atoms with Gasteiger partial charge in [0.25, 0.3) is 5.91 Å².